The number of aryl methyl sites for hydroxylation is 1. The molecular formula is C18H19NO4. The van der Waals surface area contributed by atoms with E-state index in [9.17, 15) is 4.79 Å². The molecule has 0 radical (unpaired) electrons. The number of carbonyl (C=O) groups excluding carboxylic acids is 1. The third-order valence-electron chi connectivity index (χ3n) is 3.28. The number of methoxy groups -OCH3 is 1. The highest BCUT2D eigenvalue weighted by molar-refractivity contribution is 6.43. The van der Waals surface area contributed by atoms with E-state index in [1.807, 2.05) is 43.3 Å². The Morgan fingerprint density at radius 3 is 2.35 bits per heavy atom. The van der Waals surface area contributed by atoms with Crippen LogP contribution in [0.1, 0.15) is 16.7 Å². The van der Waals surface area contributed by atoms with E-state index in [1.54, 1.807) is 12.1 Å². The Hall–Kier alpha value is -2.82. The lowest BCUT2D eigenvalue weighted by molar-refractivity contribution is -0.132. The molecule has 0 amide bonds. The number of carbonyl (C=O) groups is 1. The number of nitrogens with zero attached hydrogens (tertiary/aromatic N) is 1. The van der Waals surface area contributed by atoms with Crippen molar-refractivity contribution in [3.63, 3.8) is 0 Å². The Kier molecular flexibility index (Phi) is 5.74. The molecule has 0 aliphatic heterocycles. The molecule has 0 saturated heterocycles. The van der Waals surface area contributed by atoms with Crippen molar-refractivity contribution in [3.8, 4) is 5.75 Å². The van der Waals surface area contributed by atoms with Crippen molar-refractivity contribution in [3.05, 3.63) is 65.2 Å². The SMILES string of the molecule is CO/N=C(\C(=O)OC)c1ccc(COc2ccccc2C)cc1. The van der Waals surface area contributed by atoms with Crippen LogP contribution in [0.15, 0.2) is 53.7 Å². The molecule has 0 fully saturated rings. The van der Waals surface area contributed by atoms with E-state index in [2.05, 4.69) is 5.16 Å². The molecule has 0 aliphatic rings. The molecule has 23 heavy (non-hydrogen) atoms. The summed E-state index contributed by atoms with van der Waals surface area (Å²) in [6.07, 6.45) is 0. The van der Waals surface area contributed by atoms with Gasteiger partial charge in [0.1, 0.15) is 19.5 Å². The maximum absolute atomic E-state index is 11.7. The van der Waals surface area contributed by atoms with E-state index in [0.717, 1.165) is 16.9 Å². The quantitative estimate of drug-likeness (QED) is 0.467. The minimum atomic E-state index is -0.546. The summed E-state index contributed by atoms with van der Waals surface area (Å²) >= 11 is 0. The number of hydrogen-bond donors (Lipinski definition) is 0. The molecule has 0 aliphatic carbocycles. The molecule has 0 unspecified atom stereocenters. The highest BCUT2D eigenvalue weighted by Crippen LogP contribution is 2.18. The van der Waals surface area contributed by atoms with Gasteiger partial charge in [0.25, 0.3) is 0 Å². The molecular weight excluding hydrogens is 294 g/mol. The fourth-order valence-corrected chi connectivity index (χ4v) is 2.03. The molecule has 2 aromatic carbocycles. The molecule has 120 valence electrons. The highest BCUT2D eigenvalue weighted by Gasteiger charge is 2.15. The van der Waals surface area contributed by atoms with E-state index >= 15 is 0 Å². The Morgan fingerprint density at radius 2 is 1.74 bits per heavy atom. The van der Waals surface area contributed by atoms with Crippen molar-refractivity contribution in [2.24, 2.45) is 5.16 Å². The molecule has 0 N–H and O–H groups in total. The Labute approximate surface area is 135 Å². The topological polar surface area (TPSA) is 57.1 Å². The van der Waals surface area contributed by atoms with Crippen LogP contribution < -0.4 is 4.74 Å². The molecule has 0 atom stereocenters. The van der Waals surface area contributed by atoms with Gasteiger partial charge in [-0.15, -0.1) is 0 Å². The van der Waals surface area contributed by atoms with Gasteiger partial charge in [-0.25, -0.2) is 4.79 Å². The van der Waals surface area contributed by atoms with Crippen LogP contribution in [0.25, 0.3) is 0 Å². The average Bonchev–Trinajstić information content (AvgIpc) is 2.59. The predicted octanol–water partition coefficient (Wildman–Crippen LogP) is 3.10. The summed E-state index contributed by atoms with van der Waals surface area (Å²) in [7, 11) is 2.69. The van der Waals surface area contributed by atoms with E-state index in [1.165, 1.54) is 14.2 Å². The van der Waals surface area contributed by atoms with Gasteiger partial charge in [0.2, 0.25) is 0 Å². The first-order chi connectivity index (χ1) is 11.2. The number of esters is 1. The van der Waals surface area contributed by atoms with Crippen LogP contribution in [0.2, 0.25) is 0 Å². The number of hydrogen-bond acceptors (Lipinski definition) is 5. The summed E-state index contributed by atoms with van der Waals surface area (Å²) in [5, 5.41) is 3.71. The largest absolute Gasteiger partial charge is 0.489 e. The number of rotatable bonds is 6. The summed E-state index contributed by atoms with van der Waals surface area (Å²) in [6, 6.07) is 15.2. The van der Waals surface area contributed by atoms with Crippen LogP contribution in [0, 0.1) is 6.92 Å². The first kappa shape index (κ1) is 16.5. The zero-order chi connectivity index (χ0) is 16.7. The van der Waals surface area contributed by atoms with E-state index in [0.29, 0.717) is 12.2 Å². The van der Waals surface area contributed by atoms with Crippen molar-refractivity contribution >= 4 is 11.7 Å². The van der Waals surface area contributed by atoms with Crippen molar-refractivity contribution in [2.45, 2.75) is 13.5 Å². The van der Waals surface area contributed by atoms with Crippen LogP contribution in [0.5, 0.6) is 5.75 Å². The van der Waals surface area contributed by atoms with E-state index in [-0.39, 0.29) is 5.71 Å². The van der Waals surface area contributed by atoms with Crippen molar-refractivity contribution in [1.29, 1.82) is 0 Å². The van der Waals surface area contributed by atoms with Crippen LogP contribution in [0.3, 0.4) is 0 Å². The fourth-order valence-electron chi connectivity index (χ4n) is 2.03. The van der Waals surface area contributed by atoms with Gasteiger partial charge in [-0.2, -0.15) is 0 Å². The van der Waals surface area contributed by atoms with Crippen LogP contribution >= 0.6 is 0 Å². The molecule has 5 nitrogen and oxygen atoms in total. The predicted molar refractivity (Wildman–Crippen MR) is 87.5 cm³/mol. The Morgan fingerprint density at radius 1 is 1.04 bits per heavy atom. The minimum absolute atomic E-state index is 0.126. The zero-order valence-corrected chi connectivity index (χ0v) is 13.4. The van der Waals surface area contributed by atoms with Crippen molar-refractivity contribution in [1.82, 2.24) is 0 Å². The molecule has 0 saturated carbocycles. The minimum Gasteiger partial charge on any atom is -0.489 e. The lowest BCUT2D eigenvalue weighted by Crippen LogP contribution is -2.17. The smallest absolute Gasteiger partial charge is 0.360 e. The summed E-state index contributed by atoms with van der Waals surface area (Å²) in [6.45, 7) is 2.45. The summed E-state index contributed by atoms with van der Waals surface area (Å²) < 4.78 is 10.5. The van der Waals surface area contributed by atoms with Crippen LogP contribution in [-0.2, 0) is 21.0 Å². The monoisotopic (exact) mass is 313 g/mol. The van der Waals surface area contributed by atoms with E-state index < -0.39 is 5.97 Å². The van der Waals surface area contributed by atoms with Gasteiger partial charge in [-0.3, -0.25) is 0 Å². The third-order valence-corrected chi connectivity index (χ3v) is 3.28. The average molecular weight is 313 g/mol. The molecule has 0 heterocycles. The normalized spacial score (nSPS) is 11.0. The Bertz CT molecular complexity index is 692. The molecule has 0 bridgehead atoms. The second-order valence-electron chi connectivity index (χ2n) is 4.87. The van der Waals surface area contributed by atoms with Crippen molar-refractivity contribution < 1.29 is 19.1 Å². The highest BCUT2D eigenvalue weighted by atomic mass is 16.6. The summed E-state index contributed by atoms with van der Waals surface area (Å²) in [5.74, 6) is 0.309. The van der Waals surface area contributed by atoms with Gasteiger partial charge < -0.3 is 14.3 Å². The maximum Gasteiger partial charge on any atom is 0.360 e. The van der Waals surface area contributed by atoms with Gasteiger partial charge in [0.15, 0.2) is 5.71 Å². The Balaban J connectivity index is 2.08. The van der Waals surface area contributed by atoms with Gasteiger partial charge in [0.05, 0.1) is 7.11 Å². The maximum atomic E-state index is 11.7. The van der Waals surface area contributed by atoms with Crippen LogP contribution in [0.4, 0.5) is 0 Å². The van der Waals surface area contributed by atoms with Crippen molar-refractivity contribution in [2.75, 3.05) is 14.2 Å². The number of benzene rings is 2. The molecule has 0 aromatic heterocycles. The van der Waals surface area contributed by atoms with Gasteiger partial charge in [-0.1, -0.05) is 47.6 Å². The first-order valence-electron chi connectivity index (χ1n) is 7.13. The second kappa shape index (κ2) is 7.98. The third kappa shape index (κ3) is 4.32. The molecule has 2 rings (SSSR count). The van der Waals surface area contributed by atoms with E-state index in [4.69, 9.17) is 14.3 Å². The standard InChI is InChI=1S/C18H19NO4/c1-13-6-4-5-7-16(13)23-12-14-8-10-15(11-9-14)17(19-22-3)18(20)21-2/h4-11H,12H2,1-3H3/b19-17-. The number of para-hydroxylation sites is 1. The second-order valence-corrected chi connectivity index (χ2v) is 4.87. The summed E-state index contributed by atoms with van der Waals surface area (Å²) in [5.41, 5.74) is 2.82. The molecule has 0 spiro atoms. The summed E-state index contributed by atoms with van der Waals surface area (Å²) in [4.78, 5) is 16.4. The lowest BCUT2D eigenvalue weighted by Gasteiger charge is -2.09. The van der Waals surface area contributed by atoms with Crippen LogP contribution in [-0.4, -0.2) is 25.9 Å². The zero-order valence-electron chi connectivity index (χ0n) is 13.4. The van der Waals surface area contributed by atoms with Gasteiger partial charge in [0, 0.05) is 5.56 Å². The lowest BCUT2D eigenvalue weighted by atomic mass is 10.1. The molecule has 2 aromatic rings. The first-order valence-corrected chi connectivity index (χ1v) is 7.13. The molecule has 5 heteroatoms. The number of ether oxygens (including phenoxy) is 2. The van der Waals surface area contributed by atoms with Gasteiger partial charge in [-0.05, 0) is 24.1 Å². The number of oxime groups is 1. The fraction of sp³-hybridized carbons (Fsp3) is 0.222. The van der Waals surface area contributed by atoms with Gasteiger partial charge >= 0.3 is 5.97 Å².